The molecule has 3 rings (SSSR count). The Morgan fingerprint density at radius 2 is 1.57 bits per heavy atom. The van der Waals surface area contributed by atoms with Crippen molar-refractivity contribution in [2.75, 3.05) is 5.32 Å². The molecule has 0 unspecified atom stereocenters. The molecule has 3 aromatic carbocycles. The van der Waals surface area contributed by atoms with Crippen molar-refractivity contribution in [3.8, 4) is 5.75 Å². The van der Waals surface area contributed by atoms with Crippen molar-refractivity contribution < 1.29 is 19.1 Å². The second kappa shape index (κ2) is 9.84. The molecule has 0 saturated carbocycles. The summed E-state index contributed by atoms with van der Waals surface area (Å²) in [6.45, 7) is 1.58. The molecule has 0 saturated heterocycles. The number of esters is 1. The van der Waals surface area contributed by atoms with Crippen molar-refractivity contribution in [1.82, 2.24) is 5.32 Å². The van der Waals surface area contributed by atoms with E-state index in [2.05, 4.69) is 26.6 Å². The van der Waals surface area contributed by atoms with Gasteiger partial charge in [0.05, 0.1) is 0 Å². The number of rotatable bonds is 6. The van der Waals surface area contributed by atoms with Crippen molar-refractivity contribution in [1.29, 1.82) is 0 Å². The Kier molecular flexibility index (Phi) is 6.98. The van der Waals surface area contributed by atoms with E-state index >= 15 is 0 Å². The van der Waals surface area contributed by atoms with Gasteiger partial charge in [-0.1, -0.05) is 40.2 Å². The second-order valence-electron chi connectivity index (χ2n) is 6.47. The highest BCUT2D eigenvalue weighted by Crippen LogP contribution is 2.16. The fraction of sp³-hybridized carbons (Fsp3) is 0.0870. The summed E-state index contributed by atoms with van der Waals surface area (Å²) in [4.78, 5) is 35.9. The van der Waals surface area contributed by atoms with Crippen LogP contribution < -0.4 is 15.4 Å². The molecular weight excluding hydrogens is 448 g/mol. The number of benzene rings is 3. The number of hydrogen-bond acceptors (Lipinski definition) is 4. The van der Waals surface area contributed by atoms with Gasteiger partial charge in [0.1, 0.15) is 5.75 Å². The molecule has 152 valence electrons. The van der Waals surface area contributed by atoms with Crippen LogP contribution in [0.3, 0.4) is 0 Å². The number of amides is 2. The Morgan fingerprint density at radius 3 is 2.30 bits per heavy atom. The van der Waals surface area contributed by atoms with Gasteiger partial charge in [-0.25, -0.2) is 0 Å². The standard InChI is InChI=1S/C23H19BrN2O4/c1-15(27)30-21-10-4-7-18(13-21)22(28)25-14-16-5-2-9-20(11-16)26-23(29)17-6-3-8-19(24)12-17/h2-13H,14H2,1H3,(H,25,28)(H,26,29). The van der Waals surface area contributed by atoms with E-state index in [1.54, 1.807) is 54.6 Å². The van der Waals surface area contributed by atoms with E-state index in [-0.39, 0.29) is 18.4 Å². The summed E-state index contributed by atoms with van der Waals surface area (Å²) in [6.07, 6.45) is 0. The van der Waals surface area contributed by atoms with Crippen molar-refractivity contribution in [3.05, 3.63) is 94.0 Å². The van der Waals surface area contributed by atoms with E-state index in [1.807, 2.05) is 12.1 Å². The van der Waals surface area contributed by atoms with Crippen LogP contribution in [-0.4, -0.2) is 17.8 Å². The molecule has 3 aromatic rings. The van der Waals surface area contributed by atoms with Gasteiger partial charge in [0, 0.05) is 34.8 Å². The summed E-state index contributed by atoms with van der Waals surface area (Å²) in [5.41, 5.74) is 2.37. The first kappa shape index (κ1) is 21.3. The van der Waals surface area contributed by atoms with Crippen LogP contribution in [-0.2, 0) is 11.3 Å². The third-order valence-electron chi connectivity index (χ3n) is 4.08. The molecule has 0 aliphatic heterocycles. The highest BCUT2D eigenvalue weighted by Gasteiger charge is 2.09. The molecule has 0 bridgehead atoms. The van der Waals surface area contributed by atoms with Crippen LogP contribution in [0.1, 0.15) is 33.2 Å². The summed E-state index contributed by atoms with van der Waals surface area (Å²) in [5, 5.41) is 5.67. The minimum absolute atomic E-state index is 0.222. The first-order chi connectivity index (χ1) is 14.4. The molecule has 0 fully saturated rings. The fourth-order valence-corrected chi connectivity index (χ4v) is 3.14. The Bertz CT molecular complexity index is 1100. The Labute approximate surface area is 182 Å². The van der Waals surface area contributed by atoms with Gasteiger partial charge in [0.2, 0.25) is 0 Å². The monoisotopic (exact) mass is 466 g/mol. The molecule has 0 radical (unpaired) electrons. The highest BCUT2D eigenvalue weighted by molar-refractivity contribution is 9.10. The van der Waals surface area contributed by atoms with Crippen molar-refractivity contribution in [3.63, 3.8) is 0 Å². The van der Waals surface area contributed by atoms with Crippen LogP contribution in [0, 0.1) is 0 Å². The van der Waals surface area contributed by atoms with Gasteiger partial charge in [-0.05, 0) is 54.1 Å². The molecule has 0 aliphatic rings. The first-order valence-corrected chi connectivity index (χ1v) is 9.92. The molecule has 2 amide bonds. The third-order valence-corrected chi connectivity index (χ3v) is 4.58. The zero-order valence-electron chi connectivity index (χ0n) is 16.1. The Balaban J connectivity index is 1.62. The van der Waals surface area contributed by atoms with E-state index in [1.165, 1.54) is 13.0 Å². The normalized spacial score (nSPS) is 10.2. The lowest BCUT2D eigenvalue weighted by molar-refractivity contribution is -0.131. The predicted molar refractivity (Wildman–Crippen MR) is 117 cm³/mol. The summed E-state index contributed by atoms with van der Waals surface area (Å²) >= 11 is 3.35. The van der Waals surface area contributed by atoms with Crippen LogP contribution in [0.4, 0.5) is 5.69 Å². The average Bonchev–Trinajstić information content (AvgIpc) is 2.72. The highest BCUT2D eigenvalue weighted by atomic mass is 79.9. The van der Waals surface area contributed by atoms with Gasteiger partial charge >= 0.3 is 5.97 Å². The van der Waals surface area contributed by atoms with Gasteiger partial charge in [-0.3, -0.25) is 14.4 Å². The number of carbonyl (C=O) groups excluding carboxylic acids is 3. The molecule has 7 heteroatoms. The van der Waals surface area contributed by atoms with Gasteiger partial charge in [0.15, 0.2) is 0 Å². The molecule has 0 heterocycles. The van der Waals surface area contributed by atoms with Crippen LogP contribution in [0.2, 0.25) is 0 Å². The molecule has 6 nitrogen and oxygen atoms in total. The van der Waals surface area contributed by atoms with Crippen molar-refractivity contribution in [2.24, 2.45) is 0 Å². The lowest BCUT2D eigenvalue weighted by atomic mass is 10.1. The minimum atomic E-state index is -0.450. The maximum Gasteiger partial charge on any atom is 0.308 e. The fourth-order valence-electron chi connectivity index (χ4n) is 2.74. The molecule has 30 heavy (non-hydrogen) atoms. The number of nitrogens with one attached hydrogen (secondary N) is 2. The van der Waals surface area contributed by atoms with Gasteiger partial charge in [0.25, 0.3) is 11.8 Å². The molecule has 0 aliphatic carbocycles. The lowest BCUT2D eigenvalue weighted by Crippen LogP contribution is -2.23. The lowest BCUT2D eigenvalue weighted by Gasteiger charge is -2.10. The molecule has 0 aromatic heterocycles. The van der Waals surface area contributed by atoms with Crippen LogP contribution >= 0.6 is 15.9 Å². The van der Waals surface area contributed by atoms with Gasteiger partial charge in [-0.2, -0.15) is 0 Å². The van der Waals surface area contributed by atoms with E-state index in [0.717, 1.165) is 10.0 Å². The minimum Gasteiger partial charge on any atom is -0.427 e. The van der Waals surface area contributed by atoms with Crippen molar-refractivity contribution in [2.45, 2.75) is 13.5 Å². The number of halogens is 1. The largest absolute Gasteiger partial charge is 0.427 e. The maximum atomic E-state index is 12.4. The smallest absolute Gasteiger partial charge is 0.308 e. The maximum absolute atomic E-state index is 12.4. The summed E-state index contributed by atoms with van der Waals surface area (Å²) in [5.74, 6) is -0.658. The van der Waals surface area contributed by atoms with Crippen LogP contribution in [0.25, 0.3) is 0 Å². The SMILES string of the molecule is CC(=O)Oc1cccc(C(=O)NCc2cccc(NC(=O)c3cccc(Br)c3)c2)c1. The molecule has 0 spiro atoms. The van der Waals surface area contributed by atoms with Crippen molar-refractivity contribution >= 4 is 39.4 Å². The molecular formula is C23H19BrN2O4. The van der Waals surface area contributed by atoms with Crippen LogP contribution in [0.5, 0.6) is 5.75 Å². The predicted octanol–water partition coefficient (Wildman–Crippen LogP) is 4.56. The van der Waals surface area contributed by atoms with E-state index in [4.69, 9.17) is 4.74 Å². The van der Waals surface area contributed by atoms with E-state index in [0.29, 0.717) is 22.6 Å². The number of hydrogen-bond donors (Lipinski definition) is 2. The Hall–Kier alpha value is -3.45. The summed E-state index contributed by atoms with van der Waals surface area (Å²) < 4.78 is 5.83. The van der Waals surface area contributed by atoms with Gasteiger partial charge in [-0.15, -0.1) is 0 Å². The van der Waals surface area contributed by atoms with Gasteiger partial charge < -0.3 is 15.4 Å². The zero-order chi connectivity index (χ0) is 21.5. The second-order valence-corrected chi connectivity index (χ2v) is 7.38. The van der Waals surface area contributed by atoms with E-state index < -0.39 is 5.97 Å². The quantitative estimate of drug-likeness (QED) is 0.412. The zero-order valence-corrected chi connectivity index (χ0v) is 17.7. The number of ether oxygens (including phenoxy) is 1. The van der Waals surface area contributed by atoms with Crippen LogP contribution in [0.15, 0.2) is 77.3 Å². The number of carbonyl (C=O) groups is 3. The van der Waals surface area contributed by atoms with E-state index in [9.17, 15) is 14.4 Å². The average molecular weight is 467 g/mol. The first-order valence-electron chi connectivity index (χ1n) is 9.13. The Morgan fingerprint density at radius 1 is 0.867 bits per heavy atom. The number of anilines is 1. The molecule has 0 atom stereocenters. The summed E-state index contributed by atoms with van der Waals surface area (Å²) in [6, 6.07) is 20.7. The topological polar surface area (TPSA) is 84.5 Å². The molecule has 2 N–H and O–H groups in total. The summed E-state index contributed by atoms with van der Waals surface area (Å²) in [7, 11) is 0. The third kappa shape index (κ3) is 6.02.